The number of nitrogens with zero attached hydrogens (tertiary/aromatic N) is 1. The lowest BCUT2D eigenvalue weighted by Gasteiger charge is -2.18. The van der Waals surface area contributed by atoms with E-state index in [2.05, 4.69) is 13.0 Å². The molecule has 0 saturated heterocycles. The molecule has 0 spiro atoms. The molecular weight excluding hydrogens is 274 g/mol. The number of aryl methyl sites for hydroxylation is 1. The highest BCUT2D eigenvalue weighted by Gasteiger charge is 2.32. The summed E-state index contributed by atoms with van der Waals surface area (Å²) >= 11 is 6.15. The summed E-state index contributed by atoms with van der Waals surface area (Å²) in [6.45, 7) is 5.36. The number of phenolic OH excluding ortho intramolecular Hbond substituents is 1. The fraction of sp³-hybridized carbons (Fsp3) is 0.375. The average molecular weight is 292 g/mol. The van der Waals surface area contributed by atoms with Gasteiger partial charge in [0, 0.05) is 23.3 Å². The van der Waals surface area contributed by atoms with Crippen molar-refractivity contribution >= 4 is 28.1 Å². The molecule has 106 valence electrons. The largest absolute Gasteiger partial charge is 0.507 e. The van der Waals surface area contributed by atoms with Crippen LogP contribution in [-0.2, 0) is 4.84 Å². The fourth-order valence-electron chi connectivity index (χ4n) is 3.07. The minimum atomic E-state index is 0.224. The van der Waals surface area contributed by atoms with Gasteiger partial charge in [-0.3, -0.25) is 9.90 Å². The molecule has 0 bridgehead atoms. The number of alkyl halides is 1. The first-order valence-corrected chi connectivity index (χ1v) is 7.42. The number of halogens is 1. The summed E-state index contributed by atoms with van der Waals surface area (Å²) in [7, 11) is 0. The molecule has 3 nitrogen and oxygen atoms in total. The summed E-state index contributed by atoms with van der Waals surface area (Å²) in [5.41, 5.74) is 3.29. The van der Waals surface area contributed by atoms with Gasteiger partial charge in [0.25, 0.3) is 0 Å². The predicted molar refractivity (Wildman–Crippen MR) is 82.8 cm³/mol. The minimum absolute atomic E-state index is 0.224. The Labute approximate surface area is 123 Å². The van der Waals surface area contributed by atoms with Gasteiger partial charge in [-0.2, -0.15) is 0 Å². The van der Waals surface area contributed by atoms with Crippen molar-refractivity contribution in [3.63, 3.8) is 0 Å². The number of hydroxylamine groups is 1. The van der Waals surface area contributed by atoms with Crippen LogP contribution in [0.1, 0.15) is 24.0 Å². The Morgan fingerprint density at radius 2 is 2.25 bits per heavy atom. The summed E-state index contributed by atoms with van der Waals surface area (Å²) in [5.74, 6) is 1.06. The van der Waals surface area contributed by atoms with Crippen LogP contribution in [0.4, 0.5) is 5.69 Å². The number of aromatic hydroxyl groups is 1. The minimum Gasteiger partial charge on any atom is -0.507 e. The third-order valence-corrected chi connectivity index (χ3v) is 4.27. The Bertz CT molecular complexity index is 656. The SMILES string of the molecule is CCON1C[C@@H](CCl)c2c1cc(O)c1cccc(C)c21. The molecule has 0 amide bonds. The highest BCUT2D eigenvalue weighted by atomic mass is 35.5. The van der Waals surface area contributed by atoms with Gasteiger partial charge < -0.3 is 5.11 Å². The van der Waals surface area contributed by atoms with Crippen LogP contribution in [0.25, 0.3) is 10.8 Å². The molecule has 1 aliphatic heterocycles. The Kier molecular flexibility index (Phi) is 3.48. The van der Waals surface area contributed by atoms with Crippen molar-refractivity contribution in [3.8, 4) is 5.75 Å². The van der Waals surface area contributed by atoms with Gasteiger partial charge in [-0.15, -0.1) is 11.6 Å². The standard InChI is InChI=1S/C16H18ClNO2/c1-3-20-18-9-11(8-17)16-13(18)7-14(19)12-6-4-5-10(2)15(12)16/h4-7,11,19H,3,8-9H2,1-2H3/t11-/m1/s1. The predicted octanol–water partition coefficient (Wildman–Crippen LogP) is 3.95. The van der Waals surface area contributed by atoms with Gasteiger partial charge in [0.05, 0.1) is 18.8 Å². The fourth-order valence-corrected chi connectivity index (χ4v) is 3.32. The topological polar surface area (TPSA) is 32.7 Å². The highest BCUT2D eigenvalue weighted by molar-refractivity contribution is 6.18. The molecule has 0 radical (unpaired) electrons. The number of hydrogen-bond donors (Lipinski definition) is 1. The lowest BCUT2D eigenvalue weighted by molar-refractivity contribution is 0.123. The van der Waals surface area contributed by atoms with Crippen molar-refractivity contribution in [2.75, 3.05) is 24.1 Å². The van der Waals surface area contributed by atoms with Gasteiger partial charge in [-0.1, -0.05) is 18.2 Å². The molecule has 2 aromatic rings. The van der Waals surface area contributed by atoms with Crippen LogP contribution in [-0.4, -0.2) is 24.1 Å². The Morgan fingerprint density at radius 3 is 2.95 bits per heavy atom. The summed E-state index contributed by atoms with van der Waals surface area (Å²) in [5, 5.41) is 14.1. The number of anilines is 1. The lowest BCUT2D eigenvalue weighted by atomic mass is 9.92. The van der Waals surface area contributed by atoms with Gasteiger partial charge >= 0.3 is 0 Å². The Hall–Kier alpha value is -1.45. The van der Waals surface area contributed by atoms with Crippen molar-refractivity contribution in [2.45, 2.75) is 19.8 Å². The van der Waals surface area contributed by atoms with Crippen LogP contribution in [0.5, 0.6) is 5.75 Å². The summed E-state index contributed by atoms with van der Waals surface area (Å²) in [6.07, 6.45) is 0. The summed E-state index contributed by atoms with van der Waals surface area (Å²) in [6, 6.07) is 7.78. The molecule has 3 rings (SSSR count). The molecule has 1 N–H and O–H groups in total. The van der Waals surface area contributed by atoms with Gasteiger partial charge in [-0.25, -0.2) is 0 Å². The van der Waals surface area contributed by atoms with E-state index in [1.165, 1.54) is 5.56 Å². The number of hydrogen-bond acceptors (Lipinski definition) is 3. The van der Waals surface area contributed by atoms with E-state index < -0.39 is 0 Å². The zero-order chi connectivity index (χ0) is 14.3. The smallest absolute Gasteiger partial charge is 0.125 e. The molecule has 1 atom stereocenters. The first-order valence-electron chi connectivity index (χ1n) is 6.89. The van der Waals surface area contributed by atoms with E-state index in [-0.39, 0.29) is 5.92 Å². The van der Waals surface area contributed by atoms with Crippen molar-refractivity contribution in [2.24, 2.45) is 0 Å². The number of fused-ring (bicyclic) bond motifs is 3. The average Bonchev–Trinajstić information content (AvgIpc) is 2.78. The second kappa shape index (κ2) is 5.15. The first kappa shape index (κ1) is 13.5. The molecule has 2 aromatic carbocycles. The van der Waals surface area contributed by atoms with Crippen molar-refractivity contribution in [1.82, 2.24) is 0 Å². The molecule has 0 aromatic heterocycles. The normalized spacial score (nSPS) is 17.8. The molecule has 0 aliphatic carbocycles. The summed E-state index contributed by atoms with van der Waals surface area (Å²) in [4.78, 5) is 5.67. The zero-order valence-electron chi connectivity index (χ0n) is 11.7. The van der Waals surface area contributed by atoms with E-state index in [0.717, 1.165) is 28.6 Å². The molecular formula is C16H18ClNO2. The number of rotatable bonds is 3. The van der Waals surface area contributed by atoms with Gasteiger partial charge in [0.15, 0.2) is 0 Å². The second-order valence-corrected chi connectivity index (χ2v) is 5.46. The van der Waals surface area contributed by atoms with E-state index >= 15 is 0 Å². The second-order valence-electron chi connectivity index (χ2n) is 5.16. The molecule has 20 heavy (non-hydrogen) atoms. The quantitative estimate of drug-likeness (QED) is 0.869. The van der Waals surface area contributed by atoms with E-state index in [1.54, 1.807) is 6.07 Å². The number of benzene rings is 2. The van der Waals surface area contributed by atoms with E-state index in [9.17, 15) is 5.11 Å². The van der Waals surface area contributed by atoms with Crippen LogP contribution in [0.2, 0.25) is 0 Å². The molecule has 0 fully saturated rings. The van der Waals surface area contributed by atoms with Gasteiger partial charge in [-0.05, 0) is 30.4 Å². The Balaban J connectivity index is 2.31. The van der Waals surface area contributed by atoms with E-state index in [4.69, 9.17) is 16.4 Å². The molecule has 0 saturated carbocycles. The third-order valence-electron chi connectivity index (χ3n) is 3.90. The van der Waals surface area contributed by atoms with Crippen LogP contribution < -0.4 is 5.06 Å². The van der Waals surface area contributed by atoms with E-state index in [0.29, 0.717) is 18.2 Å². The molecule has 0 unspecified atom stereocenters. The molecule has 4 heteroatoms. The van der Waals surface area contributed by atoms with Crippen LogP contribution in [0.15, 0.2) is 24.3 Å². The highest BCUT2D eigenvalue weighted by Crippen LogP contribution is 2.46. The Morgan fingerprint density at radius 1 is 1.45 bits per heavy atom. The van der Waals surface area contributed by atoms with Crippen molar-refractivity contribution in [1.29, 1.82) is 0 Å². The van der Waals surface area contributed by atoms with Crippen molar-refractivity contribution < 1.29 is 9.94 Å². The van der Waals surface area contributed by atoms with Gasteiger partial charge in [0.1, 0.15) is 5.75 Å². The van der Waals surface area contributed by atoms with Gasteiger partial charge in [0.2, 0.25) is 0 Å². The van der Waals surface area contributed by atoms with Crippen LogP contribution >= 0.6 is 11.6 Å². The van der Waals surface area contributed by atoms with Crippen LogP contribution in [0.3, 0.4) is 0 Å². The monoisotopic (exact) mass is 291 g/mol. The molecule has 1 heterocycles. The van der Waals surface area contributed by atoms with Crippen LogP contribution in [0, 0.1) is 6.92 Å². The molecule has 1 aliphatic rings. The zero-order valence-corrected chi connectivity index (χ0v) is 12.4. The van der Waals surface area contributed by atoms with Crippen molar-refractivity contribution in [3.05, 3.63) is 35.4 Å². The van der Waals surface area contributed by atoms with E-state index in [1.807, 2.05) is 24.1 Å². The maximum Gasteiger partial charge on any atom is 0.125 e. The summed E-state index contributed by atoms with van der Waals surface area (Å²) < 4.78 is 0. The maximum atomic E-state index is 10.3. The number of phenols is 1. The third kappa shape index (κ3) is 1.93. The lowest BCUT2D eigenvalue weighted by Crippen LogP contribution is -2.22. The first-order chi connectivity index (χ1) is 9.67. The maximum absolute atomic E-state index is 10.3.